The summed E-state index contributed by atoms with van der Waals surface area (Å²) in [6.45, 7) is 3.00. The number of carbonyl (C=O) groups excluding carboxylic acids is 1. The summed E-state index contributed by atoms with van der Waals surface area (Å²) in [6, 6.07) is 15.1. The minimum atomic E-state index is -1.04. The van der Waals surface area contributed by atoms with Crippen LogP contribution in [-0.2, 0) is 10.3 Å². The van der Waals surface area contributed by atoms with Gasteiger partial charge in [0.2, 0.25) is 17.6 Å². The van der Waals surface area contributed by atoms with Crippen molar-refractivity contribution >= 4 is 5.91 Å². The van der Waals surface area contributed by atoms with Gasteiger partial charge in [-0.25, -0.2) is 0 Å². The van der Waals surface area contributed by atoms with Crippen LogP contribution in [0.15, 0.2) is 59.3 Å². The summed E-state index contributed by atoms with van der Waals surface area (Å²) >= 11 is 0. The number of amides is 1. The summed E-state index contributed by atoms with van der Waals surface area (Å²) in [6.07, 6.45) is 3.23. The van der Waals surface area contributed by atoms with Gasteiger partial charge in [-0.05, 0) is 37.5 Å². The molecule has 3 aromatic rings. The highest BCUT2D eigenvalue weighted by molar-refractivity contribution is 5.87. The van der Waals surface area contributed by atoms with E-state index in [-0.39, 0.29) is 11.8 Å². The molecule has 2 aromatic heterocycles. The smallest absolute Gasteiger partial charge is 0.246 e. The fraction of sp³-hybridized carbons (Fsp3) is 0.333. The Kier molecular flexibility index (Phi) is 4.92. The molecule has 144 valence electrons. The monoisotopic (exact) mass is 377 g/mol. The molecule has 1 fully saturated rings. The van der Waals surface area contributed by atoms with Crippen LogP contribution in [0, 0.1) is 0 Å². The lowest BCUT2D eigenvalue weighted by Crippen LogP contribution is -2.52. The van der Waals surface area contributed by atoms with Crippen molar-refractivity contribution in [3.8, 4) is 11.5 Å². The number of hydrogen-bond acceptors (Lipinski definition) is 6. The molecule has 3 heterocycles. The summed E-state index contributed by atoms with van der Waals surface area (Å²) in [5.74, 6) is 1.17. The highest BCUT2D eigenvalue weighted by Gasteiger charge is 2.37. The van der Waals surface area contributed by atoms with Crippen molar-refractivity contribution in [3.05, 3.63) is 66.2 Å². The van der Waals surface area contributed by atoms with Crippen molar-refractivity contribution in [2.24, 2.45) is 5.73 Å². The van der Waals surface area contributed by atoms with Gasteiger partial charge in [0.25, 0.3) is 0 Å². The third-order valence-corrected chi connectivity index (χ3v) is 5.28. The Balaban J connectivity index is 1.41. The molecule has 1 amide bonds. The van der Waals surface area contributed by atoms with E-state index < -0.39 is 5.54 Å². The molecule has 1 aromatic carbocycles. The molecular formula is C21H23N5O2. The molecule has 1 saturated heterocycles. The number of hydrogen-bond donors (Lipinski definition) is 1. The third kappa shape index (κ3) is 3.53. The molecule has 1 atom stereocenters. The molecule has 0 saturated carbocycles. The Morgan fingerprint density at radius 3 is 2.54 bits per heavy atom. The van der Waals surface area contributed by atoms with Crippen LogP contribution in [0.5, 0.6) is 0 Å². The van der Waals surface area contributed by atoms with Crippen molar-refractivity contribution in [3.63, 3.8) is 0 Å². The van der Waals surface area contributed by atoms with Crippen LogP contribution in [0.2, 0.25) is 0 Å². The van der Waals surface area contributed by atoms with Crippen LogP contribution >= 0.6 is 0 Å². The Morgan fingerprint density at radius 2 is 1.86 bits per heavy atom. The van der Waals surface area contributed by atoms with E-state index in [2.05, 4.69) is 15.1 Å². The molecule has 0 radical (unpaired) electrons. The Labute approximate surface area is 163 Å². The minimum absolute atomic E-state index is 0.0585. The quantitative estimate of drug-likeness (QED) is 0.751. The predicted octanol–water partition coefficient (Wildman–Crippen LogP) is 2.71. The lowest BCUT2D eigenvalue weighted by molar-refractivity contribution is -0.138. The van der Waals surface area contributed by atoms with E-state index in [1.807, 2.05) is 53.4 Å². The van der Waals surface area contributed by atoms with Crippen molar-refractivity contribution in [2.75, 3.05) is 13.1 Å². The zero-order chi connectivity index (χ0) is 19.6. The van der Waals surface area contributed by atoms with E-state index >= 15 is 0 Å². The zero-order valence-corrected chi connectivity index (χ0v) is 15.8. The summed E-state index contributed by atoms with van der Waals surface area (Å²) in [5.41, 5.74) is 6.86. The lowest BCUT2D eigenvalue weighted by atomic mass is 9.89. The van der Waals surface area contributed by atoms with Crippen molar-refractivity contribution in [2.45, 2.75) is 31.2 Å². The molecule has 28 heavy (non-hydrogen) atoms. The Bertz CT molecular complexity index is 932. The zero-order valence-electron chi connectivity index (χ0n) is 15.8. The molecule has 0 aliphatic carbocycles. The summed E-state index contributed by atoms with van der Waals surface area (Å²) in [7, 11) is 0. The number of pyridine rings is 1. The van der Waals surface area contributed by atoms with Gasteiger partial charge in [0.05, 0.1) is 0 Å². The van der Waals surface area contributed by atoms with E-state index in [0.717, 1.165) is 18.4 Å². The van der Waals surface area contributed by atoms with Crippen molar-refractivity contribution in [1.29, 1.82) is 0 Å². The van der Waals surface area contributed by atoms with Crippen molar-refractivity contribution in [1.82, 2.24) is 20.0 Å². The number of nitrogens with two attached hydrogens (primary N) is 1. The maximum atomic E-state index is 13.0. The normalized spacial score (nSPS) is 17.3. The molecule has 2 N–H and O–H groups in total. The Hall–Kier alpha value is -3.06. The molecule has 7 heteroatoms. The van der Waals surface area contributed by atoms with Gasteiger partial charge in [-0.1, -0.05) is 41.6 Å². The van der Waals surface area contributed by atoms with Gasteiger partial charge in [-0.2, -0.15) is 4.98 Å². The Morgan fingerprint density at radius 1 is 1.14 bits per heavy atom. The van der Waals surface area contributed by atoms with Gasteiger partial charge in [0.1, 0.15) is 11.2 Å². The second-order valence-corrected chi connectivity index (χ2v) is 7.31. The first-order chi connectivity index (χ1) is 13.6. The SMILES string of the molecule is CC(N)(C(=O)N1CCC(c2nc(-c3ccccn3)no2)CC1)c1ccccc1. The van der Waals surface area contributed by atoms with E-state index in [4.69, 9.17) is 10.3 Å². The van der Waals surface area contributed by atoms with Gasteiger partial charge in [0, 0.05) is 25.2 Å². The van der Waals surface area contributed by atoms with Crippen LogP contribution in [-0.4, -0.2) is 39.0 Å². The number of piperidine rings is 1. The highest BCUT2D eigenvalue weighted by atomic mass is 16.5. The fourth-order valence-electron chi connectivity index (χ4n) is 3.57. The second kappa shape index (κ2) is 7.52. The third-order valence-electron chi connectivity index (χ3n) is 5.28. The first-order valence-electron chi connectivity index (χ1n) is 9.44. The van der Waals surface area contributed by atoms with Gasteiger partial charge in [-0.15, -0.1) is 0 Å². The molecule has 4 rings (SSSR count). The minimum Gasteiger partial charge on any atom is -0.341 e. The topological polar surface area (TPSA) is 98.1 Å². The average Bonchev–Trinajstić information content (AvgIpc) is 3.25. The van der Waals surface area contributed by atoms with Gasteiger partial charge >= 0.3 is 0 Å². The van der Waals surface area contributed by atoms with Crippen LogP contribution in [0.4, 0.5) is 0 Å². The first kappa shape index (κ1) is 18.3. The van der Waals surface area contributed by atoms with E-state index in [1.54, 1.807) is 13.1 Å². The summed E-state index contributed by atoms with van der Waals surface area (Å²) < 4.78 is 5.46. The van der Waals surface area contributed by atoms with Gasteiger partial charge in [-0.3, -0.25) is 9.78 Å². The number of rotatable bonds is 4. The maximum absolute atomic E-state index is 13.0. The standard InChI is InChI=1S/C21H23N5O2/c1-21(22,16-7-3-2-4-8-16)20(27)26-13-10-15(11-14-26)19-24-18(25-28-19)17-9-5-6-12-23-17/h2-9,12,15H,10-11,13-14,22H2,1H3. The number of carbonyl (C=O) groups is 1. The molecule has 1 unspecified atom stereocenters. The lowest BCUT2D eigenvalue weighted by Gasteiger charge is -2.36. The molecule has 7 nitrogen and oxygen atoms in total. The number of nitrogens with zero attached hydrogens (tertiary/aromatic N) is 4. The van der Waals surface area contributed by atoms with Gasteiger partial charge in [0.15, 0.2) is 0 Å². The fourth-order valence-corrected chi connectivity index (χ4v) is 3.57. The van der Waals surface area contributed by atoms with Crippen LogP contribution in [0.25, 0.3) is 11.5 Å². The molecule has 0 spiro atoms. The predicted molar refractivity (Wildman–Crippen MR) is 104 cm³/mol. The van der Waals surface area contributed by atoms with Crippen LogP contribution < -0.4 is 5.73 Å². The maximum Gasteiger partial charge on any atom is 0.246 e. The number of benzene rings is 1. The van der Waals surface area contributed by atoms with Gasteiger partial charge < -0.3 is 15.2 Å². The molecular weight excluding hydrogens is 354 g/mol. The summed E-state index contributed by atoms with van der Waals surface area (Å²) in [4.78, 5) is 23.6. The summed E-state index contributed by atoms with van der Waals surface area (Å²) in [5, 5.41) is 4.05. The van der Waals surface area contributed by atoms with E-state index in [9.17, 15) is 4.79 Å². The average molecular weight is 377 g/mol. The molecule has 1 aliphatic heterocycles. The van der Waals surface area contributed by atoms with Crippen molar-refractivity contribution < 1.29 is 9.32 Å². The number of likely N-dealkylation sites (tertiary alicyclic amines) is 1. The molecule has 0 bridgehead atoms. The van der Waals surface area contributed by atoms with Crippen LogP contribution in [0.1, 0.15) is 37.1 Å². The first-order valence-corrected chi connectivity index (χ1v) is 9.44. The van der Waals surface area contributed by atoms with Crippen LogP contribution in [0.3, 0.4) is 0 Å². The number of aromatic nitrogens is 3. The highest BCUT2D eigenvalue weighted by Crippen LogP contribution is 2.30. The second-order valence-electron chi connectivity index (χ2n) is 7.31. The van der Waals surface area contributed by atoms with E-state index in [0.29, 0.717) is 30.5 Å². The molecule has 1 aliphatic rings. The largest absolute Gasteiger partial charge is 0.341 e. The van der Waals surface area contributed by atoms with E-state index in [1.165, 1.54) is 0 Å².